The molecule has 2 aromatic carbocycles. The van der Waals surface area contributed by atoms with Crippen LogP contribution in [0.2, 0.25) is 10.0 Å². The van der Waals surface area contributed by atoms with Crippen molar-refractivity contribution in [1.29, 1.82) is 0 Å². The van der Waals surface area contributed by atoms with Crippen LogP contribution < -0.4 is 10.2 Å². The van der Waals surface area contributed by atoms with Crippen molar-refractivity contribution in [2.45, 2.75) is 13.0 Å². The van der Waals surface area contributed by atoms with E-state index in [1.807, 2.05) is 19.1 Å². The number of rotatable bonds is 5. The quantitative estimate of drug-likeness (QED) is 0.836. The Labute approximate surface area is 164 Å². The summed E-state index contributed by atoms with van der Waals surface area (Å²) in [5, 5.41) is 4.19. The van der Waals surface area contributed by atoms with Gasteiger partial charge >= 0.3 is 0 Å². The lowest BCUT2D eigenvalue weighted by Gasteiger charge is -2.35. The van der Waals surface area contributed by atoms with Gasteiger partial charge in [-0.3, -0.25) is 9.69 Å². The lowest BCUT2D eigenvalue weighted by molar-refractivity contribution is -0.123. The molecule has 0 spiro atoms. The first-order chi connectivity index (χ1) is 12.5. The molecule has 26 heavy (non-hydrogen) atoms. The number of amides is 1. The zero-order chi connectivity index (χ0) is 18.5. The maximum absolute atomic E-state index is 12.4. The van der Waals surface area contributed by atoms with Gasteiger partial charge in [-0.1, -0.05) is 47.5 Å². The lowest BCUT2D eigenvalue weighted by Crippen LogP contribution is -2.49. The van der Waals surface area contributed by atoms with Crippen molar-refractivity contribution in [3.05, 3.63) is 64.1 Å². The highest BCUT2D eigenvalue weighted by Crippen LogP contribution is 2.26. The third-order valence-corrected chi connectivity index (χ3v) is 5.23. The van der Waals surface area contributed by atoms with Crippen LogP contribution in [0, 0.1) is 0 Å². The van der Waals surface area contributed by atoms with Crippen LogP contribution in [-0.4, -0.2) is 43.5 Å². The van der Waals surface area contributed by atoms with Crippen LogP contribution >= 0.6 is 23.2 Å². The Hall–Kier alpha value is -1.75. The SMILES string of the molecule is CC(NC(=O)CN1CCN(c2ccccc2)CC1)c1ccc(Cl)cc1Cl. The molecule has 0 aromatic heterocycles. The van der Waals surface area contributed by atoms with E-state index in [0.717, 1.165) is 31.7 Å². The number of carbonyl (C=O) groups excluding carboxylic acids is 1. The van der Waals surface area contributed by atoms with Crippen molar-refractivity contribution in [3.8, 4) is 0 Å². The monoisotopic (exact) mass is 391 g/mol. The number of nitrogens with one attached hydrogen (secondary N) is 1. The van der Waals surface area contributed by atoms with E-state index in [4.69, 9.17) is 23.2 Å². The van der Waals surface area contributed by atoms with Gasteiger partial charge in [-0.05, 0) is 36.8 Å². The molecule has 1 fully saturated rings. The Balaban J connectivity index is 1.48. The summed E-state index contributed by atoms with van der Waals surface area (Å²) in [4.78, 5) is 16.9. The predicted octanol–water partition coefficient (Wildman–Crippen LogP) is 3.99. The van der Waals surface area contributed by atoms with E-state index in [2.05, 4.69) is 39.4 Å². The third-order valence-electron chi connectivity index (χ3n) is 4.67. The van der Waals surface area contributed by atoms with E-state index >= 15 is 0 Å². The number of anilines is 1. The summed E-state index contributed by atoms with van der Waals surface area (Å²) in [7, 11) is 0. The fraction of sp³-hybridized carbons (Fsp3) is 0.350. The van der Waals surface area contributed by atoms with Crippen molar-refractivity contribution >= 4 is 34.8 Å². The lowest BCUT2D eigenvalue weighted by atomic mass is 10.1. The maximum atomic E-state index is 12.4. The van der Waals surface area contributed by atoms with Crippen LogP contribution in [-0.2, 0) is 4.79 Å². The second-order valence-corrected chi connectivity index (χ2v) is 7.40. The zero-order valence-corrected chi connectivity index (χ0v) is 16.3. The molecule has 1 aliphatic rings. The normalized spacial score (nSPS) is 16.3. The second kappa shape index (κ2) is 8.76. The molecule has 4 nitrogen and oxygen atoms in total. The van der Waals surface area contributed by atoms with E-state index in [0.29, 0.717) is 16.6 Å². The average molecular weight is 392 g/mol. The summed E-state index contributed by atoms with van der Waals surface area (Å²) in [6, 6.07) is 15.6. The summed E-state index contributed by atoms with van der Waals surface area (Å²) >= 11 is 12.2. The summed E-state index contributed by atoms with van der Waals surface area (Å²) in [5.41, 5.74) is 2.11. The highest BCUT2D eigenvalue weighted by Gasteiger charge is 2.20. The molecule has 0 radical (unpaired) electrons. The highest BCUT2D eigenvalue weighted by molar-refractivity contribution is 6.35. The Morgan fingerprint density at radius 2 is 1.77 bits per heavy atom. The number of nitrogens with zero attached hydrogens (tertiary/aromatic N) is 2. The summed E-state index contributed by atoms with van der Waals surface area (Å²) < 4.78 is 0. The Kier molecular flexibility index (Phi) is 6.41. The molecule has 1 aliphatic heterocycles. The molecular weight excluding hydrogens is 369 g/mol. The molecule has 1 N–H and O–H groups in total. The van der Waals surface area contributed by atoms with Gasteiger partial charge in [0.05, 0.1) is 12.6 Å². The van der Waals surface area contributed by atoms with Crippen LogP contribution in [0.1, 0.15) is 18.5 Å². The molecular formula is C20H23Cl2N3O. The van der Waals surface area contributed by atoms with Gasteiger partial charge in [0, 0.05) is 41.9 Å². The van der Waals surface area contributed by atoms with Crippen LogP contribution in [0.3, 0.4) is 0 Å². The standard InChI is InChI=1S/C20H23Cl2N3O/c1-15(18-8-7-16(21)13-19(18)22)23-20(26)14-24-9-11-25(12-10-24)17-5-3-2-4-6-17/h2-8,13,15H,9-12,14H2,1H3,(H,23,26). The Morgan fingerprint density at radius 3 is 2.42 bits per heavy atom. The van der Waals surface area contributed by atoms with Crippen LogP contribution in [0.4, 0.5) is 5.69 Å². The van der Waals surface area contributed by atoms with E-state index < -0.39 is 0 Å². The van der Waals surface area contributed by atoms with Gasteiger partial charge in [-0.15, -0.1) is 0 Å². The zero-order valence-electron chi connectivity index (χ0n) is 14.8. The van der Waals surface area contributed by atoms with Gasteiger partial charge in [-0.25, -0.2) is 0 Å². The van der Waals surface area contributed by atoms with Crippen LogP contribution in [0.25, 0.3) is 0 Å². The van der Waals surface area contributed by atoms with E-state index in [9.17, 15) is 4.79 Å². The molecule has 3 rings (SSSR count). The number of carbonyl (C=O) groups is 1. The molecule has 138 valence electrons. The molecule has 1 saturated heterocycles. The molecule has 1 amide bonds. The molecule has 1 heterocycles. The molecule has 0 bridgehead atoms. The van der Waals surface area contributed by atoms with Gasteiger partial charge in [-0.2, -0.15) is 0 Å². The first kappa shape index (κ1) is 19.0. The van der Waals surface area contributed by atoms with Gasteiger partial charge in [0.2, 0.25) is 5.91 Å². The van der Waals surface area contributed by atoms with Crippen LogP contribution in [0.5, 0.6) is 0 Å². The summed E-state index contributed by atoms with van der Waals surface area (Å²) in [6.07, 6.45) is 0. The van der Waals surface area contributed by atoms with Crippen molar-refractivity contribution in [2.75, 3.05) is 37.6 Å². The summed E-state index contributed by atoms with van der Waals surface area (Å²) in [6.45, 7) is 5.93. The number of hydrogen-bond acceptors (Lipinski definition) is 3. The first-order valence-electron chi connectivity index (χ1n) is 8.79. The number of hydrogen-bond donors (Lipinski definition) is 1. The molecule has 0 saturated carbocycles. The minimum atomic E-state index is -0.155. The Bertz CT molecular complexity index is 746. The van der Waals surface area contributed by atoms with Crippen molar-refractivity contribution in [1.82, 2.24) is 10.2 Å². The van der Waals surface area contributed by atoms with Crippen molar-refractivity contribution in [3.63, 3.8) is 0 Å². The van der Waals surface area contributed by atoms with E-state index in [1.54, 1.807) is 12.1 Å². The molecule has 2 aromatic rings. The van der Waals surface area contributed by atoms with Gasteiger partial charge in [0.15, 0.2) is 0 Å². The topological polar surface area (TPSA) is 35.6 Å². The van der Waals surface area contributed by atoms with Crippen LogP contribution in [0.15, 0.2) is 48.5 Å². The molecule has 0 aliphatic carbocycles. The number of halogens is 2. The van der Waals surface area contributed by atoms with Crippen molar-refractivity contribution < 1.29 is 4.79 Å². The first-order valence-corrected chi connectivity index (χ1v) is 9.55. The Morgan fingerprint density at radius 1 is 1.08 bits per heavy atom. The molecule has 6 heteroatoms. The van der Waals surface area contributed by atoms with Gasteiger partial charge in [0.1, 0.15) is 0 Å². The summed E-state index contributed by atoms with van der Waals surface area (Å²) in [5.74, 6) is 0.0108. The highest BCUT2D eigenvalue weighted by atomic mass is 35.5. The number of para-hydroxylation sites is 1. The predicted molar refractivity (Wildman–Crippen MR) is 108 cm³/mol. The average Bonchev–Trinajstić information content (AvgIpc) is 2.63. The van der Waals surface area contributed by atoms with Gasteiger partial charge < -0.3 is 10.2 Å². The number of benzene rings is 2. The second-order valence-electron chi connectivity index (χ2n) is 6.55. The fourth-order valence-electron chi connectivity index (χ4n) is 3.22. The van der Waals surface area contributed by atoms with Crippen molar-refractivity contribution in [2.24, 2.45) is 0 Å². The van der Waals surface area contributed by atoms with E-state index in [-0.39, 0.29) is 11.9 Å². The largest absolute Gasteiger partial charge is 0.369 e. The smallest absolute Gasteiger partial charge is 0.234 e. The minimum Gasteiger partial charge on any atom is -0.369 e. The van der Waals surface area contributed by atoms with E-state index in [1.165, 1.54) is 5.69 Å². The van der Waals surface area contributed by atoms with Gasteiger partial charge in [0.25, 0.3) is 0 Å². The maximum Gasteiger partial charge on any atom is 0.234 e. The molecule has 1 unspecified atom stereocenters. The fourth-order valence-corrected chi connectivity index (χ4v) is 3.80. The third kappa shape index (κ3) is 4.91. The number of piperazine rings is 1. The minimum absolute atomic E-state index is 0.0108. The molecule has 1 atom stereocenters.